The number of benzene rings is 1. The first-order valence-electron chi connectivity index (χ1n) is 11.7. The molecule has 2 fully saturated rings. The second-order valence-electron chi connectivity index (χ2n) is 9.49. The molecule has 178 valence electrons. The number of aryl methyl sites for hydroxylation is 1. The minimum atomic E-state index is -0.353. The van der Waals surface area contributed by atoms with Crippen LogP contribution in [0.25, 0.3) is 0 Å². The molecule has 1 amide bonds. The van der Waals surface area contributed by atoms with Crippen LogP contribution in [0.1, 0.15) is 44.2 Å². The van der Waals surface area contributed by atoms with Crippen LogP contribution in [0, 0.1) is 6.92 Å². The molecule has 2 N–H and O–H groups in total. The quantitative estimate of drug-likeness (QED) is 0.375. The highest BCUT2D eigenvalue weighted by atomic mass is 31.0. The van der Waals surface area contributed by atoms with E-state index < -0.39 is 0 Å². The van der Waals surface area contributed by atoms with Gasteiger partial charge in [0.15, 0.2) is 11.5 Å². The number of piperidine rings is 1. The molecule has 7 nitrogen and oxygen atoms in total. The molecule has 3 heterocycles. The van der Waals surface area contributed by atoms with E-state index in [1.807, 2.05) is 19.8 Å². The summed E-state index contributed by atoms with van der Waals surface area (Å²) in [5, 5.41) is 19.3. The van der Waals surface area contributed by atoms with Crippen molar-refractivity contribution in [1.29, 1.82) is 0 Å². The number of allylic oxidation sites excluding steroid dienone is 2. The maximum Gasteiger partial charge on any atom is 0.277 e. The number of hydrazine groups is 1. The lowest BCUT2D eigenvalue weighted by atomic mass is 9.88. The van der Waals surface area contributed by atoms with Crippen LogP contribution in [-0.4, -0.2) is 58.5 Å². The summed E-state index contributed by atoms with van der Waals surface area (Å²) in [6.45, 7) is 11.4. The van der Waals surface area contributed by atoms with Gasteiger partial charge in [-0.1, -0.05) is 29.7 Å². The number of hydrogen-bond donors (Lipinski definition) is 2. The molecule has 3 aliphatic heterocycles. The fourth-order valence-corrected chi connectivity index (χ4v) is 5.76. The van der Waals surface area contributed by atoms with E-state index in [1.54, 1.807) is 16.1 Å². The molecular formula is C25H32BN4O3P. The molecule has 0 spiro atoms. The lowest BCUT2D eigenvalue weighted by Gasteiger charge is -2.54. The zero-order valence-electron chi connectivity index (χ0n) is 20.3. The summed E-state index contributed by atoms with van der Waals surface area (Å²) >= 11 is 0. The molecule has 0 aliphatic carbocycles. The topological polar surface area (TPSA) is 76.1 Å². The first kappa shape index (κ1) is 24.3. The average Bonchev–Trinajstić information content (AvgIpc) is 2.77. The van der Waals surface area contributed by atoms with Gasteiger partial charge in [-0.3, -0.25) is 9.80 Å². The van der Waals surface area contributed by atoms with Gasteiger partial charge in [0.05, 0.1) is 0 Å². The highest BCUT2D eigenvalue weighted by molar-refractivity contribution is 7.27. The minimum absolute atomic E-state index is 0.0370. The lowest BCUT2D eigenvalue weighted by Crippen LogP contribution is -2.66. The van der Waals surface area contributed by atoms with Gasteiger partial charge in [0.25, 0.3) is 5.91 Å². The second kappa shape index (κ2) is 9.46. The predicted octanol–water partition coefficient (Wildman–Crippen LogP) is 1.06. The fraction of sp³-hybridized carbons (Fsp3) is 0.400. The van der Waals surface area contributed by atoms with E-state index in [0.29, 0.717) is 17.8 Å². The minimum Gasteiger partial charge on any atom is -0.504 e. The molecule has 0 radical (unpaired) electrons. The summed E-state index contributed by atoms with van der Waals surface area (Å²) in [6, 6.07) is 4.19. The van der Waals surface area contributed by atoms with E-state index in [4.69, 9.17) is 0 Å². The number of carbonyl (C=O) groups excluding carboxylic acids is 2. The van der Waals surface area contributed by atoms with Crippen molar-refractivity contribution in [3.63, 3.8) is 0 Å². The third-order valence-electron chi connectivity index (χ3n) is 6.80. The van der Waals surface area contributed by atoms with E-state index >= 15 is 0 Å². The lowest BCUT2D eigenvalue weighted by molar-refractivity contribution is -0.169. The van der Waals surface area contributed by atoms with Gasteiger partial charge < -0.3 is 15.3 Å². The highest BCUT2D eigenvalue weighted by Gasteiger charge is 2.47. The van der Waals surface area contributed by atoms with Gasteiger partial charge >= 0.3 is 0 Å². The molecule has 34 heavy (non-hydrogen) atoms. The molecule has 1 aromatic carbocycles. The summed E-state index contributed by atoms with van der Waals surface area (Å²) in [7, 11) is 4.83. The van der Waals surface area contributed by atoms with E-state index in [9.17, 15) is 14.7 Å². The molecule has 4 rings (SSSR count). The average molecular weight is 478 g/mol. The molecule has 1 aromatic rings. The van der Waals surface area contributed by atoms with Crippen molar-refractivity contribution in [3.05, 3.63) is 64.3 Å². The SMILES string of the molecule is Bc1cc(C)cc(P)c1CNC(=C)C1=CN2C(=C(O)C1=C=O)C(=O)N(C(C)C)[C@@H]1CCCCN12. The van der Waals surface area contributed by atoms with Crippen LogP contribution in [0.15, 0.2) is 53.2 Å². The molecule has 0 bridgehead atoms. The van der Waals surface area contributed by atoms with Crippen molar-refractivity contribution >= 4 is 39.7 Å². The van der Waals surface area contributed by atoms with E-state index in [-0.39, 0.29) is 35.1 Å². The van der Waals surface area contributed by atoms with Gasteiger partial charge in [-0.05, 0) is 50.9 Å². The number of rotatable bonds is 5. The Labute approximate surface area is 204 Å². The van der Waals surface area contributed by atoms with Crippen LogP contribution in [0.3, 0.4) is 0 Å². The van der Waals surface area contributed by atoms with Gasteiger partial charge in [0.1, 0.15) is 25.5 Å². The summed E-state index contributed by atoms with van der Waals surface area (Å²) in [5.74, 6) is 1.22. The Hall–Kier alpha value is -2.79. The standard InChI is InChI=1S/C25H32BN4O3P/c1-14(2)30-22-7-5-6-8-28(22)29-12-18(19(13-31)24(32)23(29)25(30)33)16(4)27-11-17-20(26)9-15(3)10-21(17)34/h9-10,12,14,22,27,32H,4-8,11,26,34H2,1-3H3/t22-/m1/s1. The molecule has 0 aromatic heterocycles. The molecule has 2 saturated heterocycles. The van der Waals surface area contributed by atoms with Crippen molar-refractivity contribution in [2.45, 2.75) is 58.8 Å². The second-order valence-corrected chi connectivity index (χ2v) is 10.1. The number of hydrogen-bond acceptors (Lipinski definition) is 6. The largest absolute Gasteiger partial charge is 0.504 e. The molecular weight excluding hydrogens is 446 g/mol. The van der Waals surface area contributed by atoms with Crippen LogP contribution >= 0.6 is 9.24 Å². The van der Waals surface area contributed by atoms with Crippen molar-refractivity contribution in [3.8, 4) is 0 Å². The monoisotopic (exact) mass is 478 g/mol. The number of nitrogens with one attached hydrogen (secondary N) is 1. The van der Waals surface area contributed by atoms with Crippen molar-refractivity contribution in [2.75, 3.05) is 6.54 Å². The van der Waals surface area contributed by atoms with E-state index in [0.717, 1.165) is 42.1 Å². The van der Waals surface area contributed by atoms with E-state index in [1.165, 1.54) is 5.56 Å². The zero-order chi connectivity index (χ0) is 24.7. The number of nitrogens with zero attached hydrogens (tertiary/aromatic N) is 3. The first-order valence-corrected chi connectivity index (χ1v) is 12.3. The normalized spacial score (nSPS) is 20.7. The van der Waals surface area contributed by atoms with Crippen LogP contribution in [0.2, 0.25) is 0 Å². The van der Waals surface area contributed by atoms with Crippen molar-refractivity contribution in [1.82, 2.24) is 20.2 Å². The molecule has 9 heteroatoms. The van der Waals surface area contributed by atoms with Crippen molar-refractivity contribution in [2.24, 2.45) is 0 Å². The molecule has 2 atom stereocenters. The van der Waals surface area contributed by atoms with Crippen LogP contribution in [0.5, 0.6) is 0 Å². The molecule has 0 saturated carbocycles. The van der Waals surface area contributed by atoms with Crippen LogP contribution < -0.4 is 16.1 Å². The third kappa shape index (κ3) is 4.11. The van der Waals surface area contributed by atoms with Crippen LogP contribution in [-0.2, 0) is 16.1 Å². The number of fused-ring (bicyclic) bond motifs is 3. The van der Waals surface area contributed by atoms with Crippen LogP contribution in [0.4, 0.5) is 0 Å². The molecule has 3 aliphatic rings. The van der Waals surface area contributed by atoms with Gasteiger partial charge in [-0.25, -0.2) is 4.79 Å². The Bertz CT molecular complexity index is 1150. The predicted molar refractivity (Wildman–Crippen MR) is 140 cm³/mol. The number of aliphatic hydroxyl groups is 1. The van der Waals surface area contributed by atoms with Crippen molar-refractivity contribution < 1.29 is 14.7 Å². The van der Waals surface area contributed by atoms with Gasteiger partial charge in [-0.15, -0.1) is 9.24 Å². The van der Waals surface area contributed by atoms with Gasteiger partial charge in [0.2, 0.25) is 0 Å². The van der Waals surface area contributed by atoms with Gasteiger partial charge in [0, 0.05) is 36.6 Å². The number of aliphatic hydroxyl groups excluding tert-OH is 1. The zero-order valence-corrected chi connectivity index (χ0v) is 21.5. The Morgan fingerprint density at radius 3 is 2.76 bits per heavy atom. The maximum atomic E-state index is 13.4. The van der Waals surface area contributed by atoms with E-state index in [2.05, 4.69) is 53.0 Å². The Kier molecular flexibility index (Phi) is 6.77. The smallest absolute Gasteiger partial charge is 0.277 e. The Morgan fingerprint density at radius 1 is 1.38 bits per heavy atom. The fourth-order valence-electron chi connectivity index (χ4n) is 5.17. The highest BCUT2D eigenvalue weighted by Crippen LogP contribution is 2.39. The summed E-state index contributed by atoms with van der Waals surface area (Å²) in [6.07, 6.45) is 4.53. The third-order valence-corrected chi connectivity index (χ3v) is 7.32. The summed E-state index contributed by atoms with van der Waals surface area (Å²) < 4.78 is 0. The maximum absolute atomic E-state index is 13.4. The Balaban J connectivity index is 1.68. The first-order chi connectivity index (χ1) is 16.1. The summed E-state index contributed by atoms with van der Waals surface area (Å²) in [5.41, 5.74) is 4.44. The number of carbonyl (C=O) groups is 1. The van der Waals surface area contributed by atoms with Gasteiger partial charge in [-0.2, -0.15) is 5.01 Å². The molecule has 1 unspecified atom stereocenters. The number of amides is 1. The summed E-state index contributed by atoms with van der Waals surface area (Å²) in [4.78, 5) is 27.2. The Morgan fingerprint density at radius 2 is 2.12 bits per heavy atom.